The second-order valence-corrected chi connectivity index (χ2v) is 7.34. The Kier molecular flexibility index (Phi) is 6.87. The molecule has 1 aromatic carbocycles. The van der Waals surface area contributed by atoms with Gasteiger partial charge in [0.2, 0.25) is 15.9 Å². The molecule has 0 saturated heterocycles. The van der Waals surface area contributed by atoms with Gasteiger partial charge >= 0.3 is 0 Å². The molecule has 0 aromatic heterocycles. The van der Waals surface area contributed by atoms with E-state index >= 15 is 0 Å². The average Bonchev–Trinajstić information content (AvgIpc) is 2.44. The molecule has 0 aliphatic heterocycles. The highest BCUT2D eigenvalue weighted by molar-refractivity contribution is 7.92. The Morgan fingerprint density at radius 1 is 1.09 bits per heavy atom. The van der Waals surface area contributed by atoms with Crippen LogP contribution < -0.4 is 4.31 Å². The largest absolute Gasteiger partial charge is 0.341 e. The molecule has 0 radical (unpaired) electrons. The zero-order valence-corrected chi connectivity index (χ0v) is 14.7. The Hall–Kier alpha value is -1.56. The Labute approximate surface area is 134 Å². The van der Waals surface area contributed by atoms with E-state index in [2.05, 4.69) is 0 Å². The van der Waals surface area contributed by atoms with Crippen molar-refractivity contribution in [1.29, 1.82) is 0 Å². The molecule has 0 bridgehead atoms. The summed E-state index contributed by atoms with van der Waals surface area (Å²) in [6, 6.07) is 7.20. The number of hydrogen-bond acceptors (Lipinski definition) is 3. The van der Waals surface area contributed by atoms with Gasteiger partial charge in [0.1, 0.15) is 6.54 Å². The van der Waals surface area contributed by atoms with Crippen molar-refractivity contribution >= 4 is 21.6 Å². The number of nitrogens with zero attached hydrogens (tertiary/aromatic N) is 2. The molecule has 0 aliphatic carbocycles. The predicted octanol–water partition coefficient (Wildman–Crippen LogP) is 2.41. The molecular weight excluding hydrogens is 300 g/mol. The number of amides is 1. The Morgan fingerprint density at radius 2 is 1.64 bits per heavy atom. The smallest absolute Gasteiger partial charge is 0.243 e. The fourth-order valence-electron chi connectivity index (χ4n) is 2.35. The molecule has 0 unspecified atom stereocenters. The van der Waals surface area contributed by atoms with E-state index in [-0.39, 0.29) is 12.5 Å². The number of aryl methyl sites for hydroxylation is 1. The van der Waals surface area contributed by atoms with Crippen molar-refractivity contribution in [3.05, 3.63) is 29.8 Å². The van der Waals surface area contributed by atoms with Gasteiger partial charge in [0.15, 0.2) is 0 Å². The summed E-state index contributed by atoms with van der Waals surface area (Å²) in [6.45, 7) is 7.00. The minimum Gasteiger partial charge on any atom is -0.341 e. The Bertz CT molecular complexity index is 593. The maximum Gasteiger partial charge on any atom is 0.243 e. The number of sulfonamides is 1. The molecule has 0 atom stereocenters. The Morgan fingerprint density at radius 3 is 2.09 bits per heavy atom. The lowest BCUT2D eigenvalue weighted by Crippen LogP contribution is -2.43. The molecule has 6 heteroatoms. The third-order valence-corrected chi connectivity index (χ3v) is 4.53. The van der Waals surface area contributed by atoms with Crippen molar-refractivity contribution in [2.45, 2.75) is 33.6 Å². The van der Waals surface area contributed by atoms with Crippen molar-refractivity contribution in [3.63, 3.8) is 0 Å². The SMILES string of the molecule is CCCN(CCC)C(=O)CN(c1ccccc1C)S(C)(=O)=O. The van der Waals surface area contributed by atoms with E-state index in [1.807, 2.05) is 32.9 Å². The van der Waals surface area contributed by atoms with Gasteiger partial charge in [-0.1, -0.05) is 32.0 Å². The molecule has 1 amide bonds. The number of para-hydroxylation sites is 1. The molecule has 0 N–H and O–H groups in total. The number of hydrogen-bond donors (Lipinski definition) is 0. The lowest BCUT2D eigenvalue weighted by molar-refractivity contribution is -0.129. The number of carbonyl (C=O) groups is 1. The van der Waals surface area contributed by atoms with Crippen LogP contribution >= 0.6 is 0 Å². The second kappa shape index (κ2) is 8.17. The molecule has 0 saturated carbocycles. The standard InChI is InChI=1S/C16H26N2O3S/c1-5-11-17(12-6-2)16(19)13-18(22(4,20)21)15-10-8-7-9-14(15)3/h7-10H,5-6,11-13H2,1-4H3. The maximum atomic E-state index is 12.5. The van der Waals surface area contributed by atoms with E-state index in [0.717, 1.165) is 24.7 Å². The van der Waals surface area contributed by atoms with Gasteiger partial charge in [-0.25, -0.2) is 8.42 Å². The van der Waals surface area contributed by atoms with Crippen molar-refractivity contribution in [1.82, 2.24) is 4.90 Å². The minimum atomic E-state index is -3.51. The predicted molar refractivity (Wildman–Crippen MR) is 90.5 cm³/mol. The molecule has 0 aliphatic rings. The highest BCUT2D eigenvalue weighted by Gasteiger charge is 2.24. The van der Waals surface area contributed by atoms with Crippen LogP contribution in [0.15, 0.2) is 24.3 Å². The van der Waals surface area contributed by atoms with Gasteiger partial charge in [-0.3, -0.25) is 9.10 Å². The first-order valence-corrected chi connectivity index (χ1v) is 9.47. The van der Waals surface area contributed by atoms with Gasteiger partial charge in [0, 0.05) is 13.1 Å². The zero-order valence-electron chi connectivity index (χ0n) is 13.9. The van der Waals surface area contributed by atoms with Crippen LogP contribution in [0.4, 0.5) is 5.69 Å². The lowest BCUT2D eigenvalue weighted by Gasteiger charge is -2.28. The van der Waals surface area contributed by atoms with Crippen molar-refractivity contribution < 1.29 is 13.2 Å². The first-order valence-electron chi connectivity index (χ1n) is 7.62. The summed E-state index contributed by atoms with van der Waals surface area (Å²) in [7, 11) is -3.51. The van der Waals surface area contributed by atoms with Crippen LogP contribution in [0.2, 0.25) is 0 Å². The van der Waals surface area contributed by atoms with E-state index in [1.54, 1.807) is 17.0 Å². The zero-order chi connectivity index (χ0) is 16.8. The first kappa shape index (κ1) is 18.5. The number of anilines is 1. The van der Waals surface area contributed by atoms with Crippen LogP contribution in [0.3, 0.4) is 0 Å². The topological polar surface area (TPSA) is 57.7 Å². The van der Waals surface area contributed by atoms with E-state index in [4.69, 9.17) is 0 Å². The van der Waals surface area contributed by atoms with Crippen LogP contribution in [0.25, 0.3) is 0 Å². The summed E-state index contributed by atoms with van der Waals surface area (Å²) >= 11 is 0. The fourth-order valence-corrected chi connectivity index (χ4v) is 3.26. The monoisotopic (exact) mass is 326 g/mol. The lowest BCUT2D eigenvalue weighted by atomic mass is 10.2. The van der Waals surface area contributed by atoms with Crippen LogP contribution in [0.5, 0.6) is 0 Å². The molecule has 1 aromatic rings. The molecule has 0 spiro atoms. The van der Waals surface area contributed by atoms with Crippen LogP contribution in [-0.4, -0.2) is 45.1 Å². The van der Waals surface area contributed by atoms with Gasteiger partial charge in [-0.05, 0) is 31.4 Å². The average molecular weight is 326 g/mol. The van der Waals surface area contributed by atoms with Gasteiger partial charge in [0.25, 0.3) is 0 Å². The van der Waals surface area contributed by atoms with Crippen molar-refractivity contribution in [2.24, 2.45) is 0 Å². The van der Waals surface area contributed by atoms with Gasteiger partial charge in [-0.15, -0.1) is 0 Å². The molecule has 124 valence electrons. The molecule has 0 heterocycles. The molecule has 5 nitrogen and oxygen atoms in total. The molecule has 22 heavy (non-hydrogen) atoms. The quantitative estimate of drug-likeness (QED) is 0.737. The first-order chi connectivity index (χ1) is 10.3. The summed E-state index contributed by atoms with van der Waals surface area (Å²) in [5.74, 6) is -0.155. The summed E-state index contributed by atoms with van der Waals surface area (Å²) in [5, 5.41) is 0. The van der Waals surface area contributed by atoms with Crippen LogP contribution in [-0.2, 0) is 14.8 Å². The van der Waals surface area contributed by atoms with E-state index < -0.39 is 10.0 Å². The number of benzene rings is 1. The summed E-state index contributed by atoms with van der Waals surface area (Å²) < 4.78 is 25.4. The Balaban J connectivity index is 3.05. The molecule has 1 rings (SSSR count). The number of carbonyl (C=O) groups excluding carboxylic acids is 1. The highest BCUT2D eigenvalue weighted by atomic mass is 32.2. The van der Waals surface area contributed by atoms with E-state index in [9.17, 15) is 13.2 Å². The second-order valence-electron chi connectivity index (χ2n) is 5.44. The van der Waals surface area contributed by atoms with Crippen LogP contribution in [0, 0.1) is 6.92 Å². The van der Waals surface area contributed by atoms with Gasteiger partial charge in [-0.2, -0.15) is 0 Å². The van der Waals surface area contributed by atoms with Gasteiger partial charge in [0.05, 0.1) is 11.9 Å². The van der Waals surface area contributed by atoms with E-state index in [1.165, 1.54) is 4.31 Å². The van der Waals surface area contributed by atoms with Crippen LogP contribution in [0.1, 0.15) is 32.3 Å². The third kappa shape index (κ3) is 5.02. The van der Waals surface area contributed by atoms with E-state index in [0.29, 0.717) is 18.8 Å². The highest BCUT2D eigenvalue weighted by Crippen LogP contribution is 2.22. The normalized spacial score (nSPS) is 11.3. The summed E-state index contributed by atoms with van der Waals surface area (Å²) in [6.07, 6.45) is 2.85. The summed E-state index contributed by atoms with van der Waals surface area (Å²) in [4.78, 5) is 14.2. The van der Waals surface area contributed by atoms with Gasteiger partial charge < -0.3 is 4.90 Å². The maximum absolute atomic E-state index is 12.5. The number of rotatable bonds is 8. The summed E-state index contributed by atoms with van der Waals surface area (Å²) in [5.41, 5.74) is 1.39. The third-order valence-electron chi connectivity index (χ3n) is 3.40. The van der Waals surface area contributed by atoms with Crippen molar-refractivity contribution in [3.8, 4) is 0 Å². The van der Waals surface area contributed by atoms with Crippen molar-refractivity contribution in [2.75, 3.05) is 30.2 Å². The molecule has 0 fully saturated rings. The minimum absolute atomic E-state index is 0.149. The fraction of sp³-hybridized carbons (Fsp3) is 0.562. The molecular formula is C16H26N2O3S.